The number of hydrogen-bond donors (Lipinski definition) is 2. The summed E-state index contributed by atoms with van der Waals surface area (Å²) in [6.45, 7) is 1.52. The van der Waals surface area contributed by atoms with Crippen molar-refractivity contribution in [1.82, 2.24) is 4.90 Å². The number of thiophene rings is 1. The van der Waals surface area contributed by atoms with Crippen molar-refractivity contribution < 1.29 is 14.3 Å². The van der Waals surface area contributed by atoms with E-state index in [0.29, 0.717) is 22.9 Å². The highest BCUT2D eigenvalue weighted by molar-refractivity contribution is 7.19. The van der Waals surface area contributed by atoms with Crippen LogP contribution in [0.4, 0.5) is 10.7 Å². The van der Waals surface area contributed by atoms with Gasteiger partial charge in [-0.1, -0.05) is 0 Å². The molecule has 1 amide bonds. The van der Waals surface area contributed by atoms with Crippen LogP contribution in [0.5, 0.6) is 5.75 Å². The van der Waals surface area contributed by atoms with Crippen LogP contribution >= 0.6 is 11.3 Å². The number of nitrogens with zero attached hydrogens (tertiary/aromatic N) is 1. The van der Waals surface area contributed by atoms with Gasteiger partial charge in [0.1, 0.15) is 15.6 Å². The number of anilines is 2. The van der Waals surface area contributed by atoms with Gasteiger partial charge in [-0.05, 0) is 12.8 Å². The lowest BCUT2D eigenvalue weighted by Gasteiger charge is -2.11. The smallest absolute Gasteiger partial charge is 0.265 e. The number of methoxy groups -OCH3 is 1. The summed E-state index contributed by atoms with van der Waals surface area (Å²) in [5.41, 5.74) is 6.40. The molecule has 6 nitrogen and oxygen atoms in total. The SMILES string of the molecule is COc1c(NCC2CCCO2)sc(C(=O)N(C)C)c1N. The Morgan fingerprint density at radius 3 is 2.90 bits per heavy atom. The summed E-state index contributed by atoms with van der Waals surface area (Å²) in [5.74, 6) is 0.425. The maximum atomic E-state index is 12.1. The lowest BCUT2D eigenvalue weighted by Crippen LogP contribution is -2.21. The van der Waals surface area contributed by atoms with Gasteiger partial charge in [-0.2, -0.15) is 0 Å². The van der Waals surface area contributed by atoms with Crippen LogP contribution in [-0.2, 0) is 4.74 Å². The highest BCUT2D eigenvalue weighted by atomic mass is 32.1. The third kappa shape index (κ3) is 2.99. The van der Waals surface area contributed by atoms with E-state index in [4.69, 9.17) is 15.2 Å². The molecule has 1 aromatic rings. The Hall–Kier alpha value is -1.47. The predicted molar refractivity (Wildman–Crippen MR) is 80.8 cm³/mol. The van der Waals surface area contributed by atoms with Crippen molar-refractivity contribution >= 4 is 27.9 Å². The number of nitrogens with two attached hydrogens (primary N) is 1. The van der Waals surface area contributed by atoms with Crippen LogP contribution < -0.4 is 15.8 Å². The summed E-state index contributed by atoms with van der Waals surface area (Å²) >= 11 is 1.32. The summed E-state index contributed by atoms with van der Waals surface area (Å²) < 4.78 is 10.9. The molecule has 1 aliphatic rings. The van der Waals surface area contributed by atoms with Gasteiger partial charge in [0.05, 0.1) is 13.2 Å². The molecule has 1 saturated heterocycles. The van der Waals surface area contributed by atoms with E-state index in [-0.39, 0.29) is 12.0 Å². The number of nitrogens with one attached hydrogen (secondary N) is 1. The van der Waals surface area contributed by atoms with E-state index in [1.165, 1.54) is 16.2 Å². The van der Waals surface area contributed by atoms with Crippen LogP contribution in [0.15, 0.2) is 0 Å². The fourth-order valence-corrected chi connectivity index (χ4v) is 3.24. The molecule has 1 aliphatic heterocycles. The predicted octanol–water partition coefficient (Wildman–Crippen LogP) is 1.63. The average Bonchev–Trinajstić information content (AvgIpc) is 3.03. The molecule has 0 aliphatic carbocycles. The molecule has 20 heavy (non-hydrogen) atoms. The van der Waals surface area contributed by atoms with Gasteiger partial charge in [0.2, 0.25) is 0 Å². The summed E-state index contributed by atoms with van der Waals surface area (Å²) in [4.78, 5) is 14.1. The Morgan fingerprint density at radius 2 is 2.35 bits per heavy atom. The first-order valence-electron chi connectivity index (χ1n) is 6.58. The highest BCUT2D eigenvalue weighted by Gasteiger charge is 2.24. The molecular weight excluding hydrogens is 278 g/mol. The van der Waals surface area contributed by atoms with E-state index in [1.54, 1.807) is 21.2 Å². The Morgan fingerprint density at radius 1 is 1.60 bits per heavy atom. The lowest BCUT2D eigenvalue weighted by atomic mass is 10.2. The van der Waals surface area contributed by atoms with Gasteiger partial charge in [-0.15, -0.1) is 11.3 Å². The van der Waals surface area contributed by atoms with E-state index in [1.807, 2.05) is 0 Å². The van der Waals surface area contributed by atoms with Gasteiger partial charge in [-0.3, -0.25) is 4.79 Å². The molecule has 1 unspecified atom stereocenters. The molecule has 0 aromatic carbocycles. The van der Waals surface area contributed by atoms with Crippen molar-refractivity contribution in [2.24, 2.45) is 0 Å². The Kier molecular flexibility index (Phi) is 4.72. The standard InChI is InChI=1S/C13H21N3O3S/c1-16(2)13(17)11-9(14)10(18-3)12(20-11)15-7-8-5-4-6-19-8/h8,15H,4-7,14H2,1-3H3. The Balaban J connectivity index is 2.14. The van der Waals surface area contributed by atoms with Crippen molar-refractivity contribution in [1.29, 1.82) is 0 Å². The number of rotatable bonds is 5. The Bertz CT molecular complexity index is 481. The van der Waals surface area contributed by atoms with Crippen LogP contribution in [0, 0.1) is 0 Å². The van der Waals surface area contributed by atoms with Crippen molar-refractivity contribution in [2.75, 3.05) is 45.4 Å². The van der Waals surface area contributed by atoms with Crippen LogP contribution in [-0.4, -0.2) is 51.3 Å². The summed E-state index contributed by atoms with van der Waals surface area (Å²) in [7, 11) is 4.96. The van der Waals surface area contributed by atoms with Crippen LogP contribution in [0.2, 0.25) is 0 Å². The summed E-state index contributed by atoms with van der Waals surface area (Å²) in [6.07, 6.45) is 2.37. The number of amides is 1. The largest absolute Gasteiger partial charge is 0.492 e. The lowest BCUT2D eigenvalue weighted by molar-refractivity contribution is 0.0833. The first-order chi connectivity index (χ1) is 9.54. The number of carbonyl (C=O) groups is 1. The van der Waals surface area contributed by atoms with Crippen LogP contribution in [0.1, 0.15) is 22.5 Å². The fourth-order valence-electron chi connectivity index (χ4n) is 2.12. The Labute approximate surface area is 122 Å². The van der Waals surface area contributed by atoms with Gasteiger partial charge in [0, 0.05) is 27.2 Å². The highest BCUT2D eigenvalue weighted by Crippen LogP contribution is 2.42. The maximum absolute atomic E-state index is 12.1. The number of hydrogen-bond acceptors (Lipinski definition) is 6. The molecule has 1 atom stereocenters. The zero-order valence-corrected chi connectivity index (χ0v) is 12.9. The zero-order chi connectivity index (χ0) is 14.7. The summed E-state index contributed by atoms with van der Waals surface area (Å²) in [6, 6.07) is 0. The molecule has 0 radical (unpaired) electrons. The van der Waals surface area contributed by atoms with Gasteiger partial charge < -0.3 is 25.4 Å². The molecule has 112 valence electrons. The van der Waals surface area contributed by atoms with Crippen molar-refractivity contribution in [3.05, 3.63) is 4.88 Å². The quantitative estimate of drug-likeness (QED) is 0.864. The topological polar surface area (TPSA) is 76.8 Å². The molecule has 2 rings (SSSR count). The van der Waals surface area contributed by atoms with E-state index in [2.05, 4.69) is 5.32 Å². The first-order valence-corrected chi connectivity index (χ1v) is 7.39. The molecule has 2 heterocycles. The van der Waals surface area contributed by atoms with Crippen molar-refractivity contribution in [3.8, 4) is 5.75 Å². The molecular formula is C13H21N3O3S. The number of ether oxygens (including phenoxy) is 2. The average molecular weight is 299 g/mol. The molecule has 0 spiro atoms. The van der Waals surface area contributed by atoms with Crippen LogP contribution in [0.3, 0.4) is 0 Å². The minimum Gasteiger partial charge on any atom is -0.492 e. The third-order valence-electron chi connectivity index (χ3n) is 3.22. The second-order valence-corrected chi connectivity index (χ2v) is 5.94. The third-order valence-corrected chi connectivity index (χ3v) is 4.35. The minimum atomic E-state index is -0.115. The van der Waals surface area contributed by atoms with Crippen molar-refractivity contribution in [2.45, 2.75) is 18.9 Å². The van der Waals surface area contributed by atoms with Crippen LogP contribution in [0.25, 0.3) is 0 Å². The van der Waals surface area contributed by atoms with Gasteiger partial charge in [-0.25, -0.2) is 0 Å². The van der Waals surface area contributed by atoms with E-state index in [0.717, 1.165) is 24.4 Å². The van der Waals surface area contributed by atoms with Gasteiger partial charge in [0.25, 0.3) is 5.91 Å². The zero-order valence-electron chi connectivity index (χ0n) is 12.1. The molecule has 0 saturated carbocycles. The first kappa shape index (κ1) is 14.9. The monoisotopic (exact) mass is 299 g/mol. The van der Waals surface area contributed by atoms with Gasteiger partial charge >= 0.3 is 0 Å². The molecule has 1 aromatic heterocycles. The second-order valence-electron chi connectivity index (χ2n) is 4.92. The second kappa shape index (κ2) is 6.32. The van der Waals surface area contributed by atoms with Gasteiger partial charge in [0.15, 0.2) is 5.75 Å². The maximum Gasteiger partial charge on any atom is 0.265 e. The van der Waals surface area contributed by atoms with E-state index >= 15 is 0 Å². The fraction of sp³-hybridized carbons (Fsp3) is 0.615. The normalized spacial score (nSPS) is 18.1. The molecule has 7 heteroatoms. The number of carbonyl (C=O) groups excluding carboxylic acids is 1. The summed E-state index contributed by atoms with van der Waals surface area (Å²) in [5, 5.41) is 4.06. The minimum absolute atomic E-state index is 0.115. The van der Waals surface area contributed by atoms with E-state index < -0.39 is 0 Å². The molecule has 3 N–H and O–H groups in total. The molecule has 0 bridgehead atoms. The molecule has 1 fully saturated rings. The van der Waals surface area contributed by atoms with E-state index in [9.17, 15) is 4.79 Å². The number of nitrogen functional groups attached to an aromatic ring is 1. The van der Waals surface area contributed by atoms with Crippen molar-refractivity contribution in [3.63, 3.8) is 0 Å².